The number of hydrogen-bond donors (Lipinski definition) is 2. The molecular weight excluding hydrogens is 540 g/mol. The Hall–Kier alpha value is -4.66. The number of nitrogens with zero attached hydrogens (tertiary/aromatic N) is 4. The number of H-pyrrole nitrogens is 1. The highest BCUT2D eigenvalue weighted by Gasteiger charge is 2.50. The Kier molecular flexibility index (Phi) is 7.20. The molecule has 2 aliphatic rings. The standard InChI is InChI=1S/C34H38N6O3/c1-34(2,3)30(37-31(41)29-16-22-8-6-7-9-27(22)36-29)33(43)40-20-25-17-26(40)19-39(25)32(42)28-15-12-23(18-35-28)21-10-13-24(14-11-21)38(4)5/h6-16,18,25-26,30,36H,17,19-20H2,1-5H3,(H,37,41)/t25-,26-,30+/m0/s1. The second-order valence-electron chi connectivity index (χ2n) is 12.9. The van der Waals surface area contributed by atoms with Crippen molar-refractivity contribution < 1.29 is 14.4 Å². The van der Waals surface area contributed by atoms with Gasteiger partial charge in [0.1, 0.15) is 17.4 Å². The molecule has 2 aliphatic heterocycles. The third-order valence-corrected chi connectivity index (χ3v) is 8.65. The number of nitrogens with one attached hydrogen (secondary N) is 2. The van der Waals surface area contributed by atoms with E-state index in [1.807, 2.05) is 92.0 Å². The number of anilines is 1. The van der Waals surface area contributed by atoms with Gasteiger partial charge in [-0.15, -0.1) is 0 Å². The molecule has 4 aromatic rings. The first-order valence-corrected chi connectivity index (χ1v) is 14.7. The molecule has 43 heavy (non-hydrogen) atoms. The Bertz CT molecular complexity index is 1640. The maximum atomic E-state index is 13.9. The van der Waals surface area contributed by atoms with E-state index < -0.39 is 11.5 Å². The summed E-state index contributed by atoms with van der Waals surface area (Å²) in [5.41, 5.74) is 4.29. The number of likely N-dealkylation sites (tertiary alicyclic amines) is 2. The second kappa shape index (κ2) is 10.9. The van der Waals surface area contributed by atoms with E-state index in [1.54, 1.807) is 18.3 Å². The van der Waals surface area contributed by atoms with Gasteiger partial charge in [-0.1, -0.05) is 57.2 Å². The number of rotatable bonds is 6. The molecule has 2 bridgehead atoms. The summed E-state index contributed by atoms with van der Waals surface area (Å²) in [5, 5.41) is 3.94. The number of para-hydroxylation sites is 1. The van der Waals surface area contributed by atoms with Crippen molar-refractivity contribution in [3.63, 3.8) is 0 Å². The van der Waals surface area contributed by atoms with Gasteiger partial charge in [-0.05, 0) is 47.7 Å². The van der Waals surface area contributed by atoms with Crippen molar-refractivity contribution in [2.75, 3.05) is 32.1 Å². The molecule has 4 heterocycles. The first-order chi connectivity index (χ1) is 20.5. The number of hydrogen-bond acceptors (Lipinski definition) is 5. The van der Waals surface area contributed by atoms with E-state index in [0.29, 0.717) is 24.5 Å². The molecule has 0 spiro atoms. The highest BCUT2D eigenvalue weighted by Crippen LogP contribution is 2.34. The number of carbonyl (C=O) groups is 3. The van der Waals surface area contributed by atoms with Gasteiger partial charge in [-0.2, -0.15) is 0 Å². The number of carbonyl (C=O) groups excluding carboxylic acids is 3. The predicted octanol–water partition coefficient (Wildman–Crippen LogP) is 4.57. The number of piperazine rings is 1. The second-order valence-corrected chi connectivity index (χ2v) is 12.9. The first kappa shape index (κ1) is 28.5. The van der Waals surface area contributed by atoms with E-state index in [4.69, 9.17) is 0 Å². The summed E-state index contributed by atoms with van der Waals surface area (Å²) < 4.78 is 0. The Morgan fingerprint density at radius 3 is 2.21 bits per heavy atom. The lowest BCUT2D eigenvalue weighted by Gasteiger charge is -2.39. The SMILES string of the molecule is CN(C)c1ccc(-c2ccc(C(=O)N3C[C@@H]4C[C@H]3CN4C(=O)[C@@H](NC(=O)c3cc4ccccc4[nH]3)C(C)(C)C)nc2)cc1. The quantitative estimate of drug-likeness (QED) is 0.349. The molecule has 6 rings (SSSR count). The van der Waals surface area contributed by atoms with Gasteiger partial charge in [-0.25, -0.2) is 0 Å². The van der Waals surface area contributed by atoms with E-state index >= 15 is 0 Å². The van der Waals surface area contributed by atoms with E-state index in [9.17, 15) is 14.4 Å². The van der Waals surface area contributed by atoms with E-state index in [1.165, 1.54) is 0 Å². The third-order valence-electron chi connectivity index (χ3n) is 8.65. The number of aromatic amines is 1. The summed E-state index contributed by atoms with van der Waals surface area (Å²) in [6.45, 7) is 6.77. The van der Waals surface area contributed by atoms with Crippen molar-refractivity contribution in [2.24, 2.45) is 5.41 Å². The van der Waals surface area contributed by atoms with Crippen molar-refractivity contribution in [3.8, 4) is 11.1 Å². The van der Waals surface area contributed by atoms with Gasteiger partial charge in [0.15, 0.2) is 0 Å². The number of benzene rings is 2. The average molecular weight is 579 g/mol. The van der Waals surface area contributed by atoms with Gasteiger partial charge in [0, 0.05) is 55.5 Å². The summed E-state index contributed by atoms with van der Waals surface area (Å²) in [7, 11) is 4.01. The fourth-order valence-corrected chi connectivity index (χ4v) is 6.19. The molecule has 9 nitrogen and oxygen atoms in total. The average Bonchev–Trinajstić information content (AvgIpc) is 3.73. The number of fused-ring (bicyclic) bond motifs is 3. The number of amides is 3. The van der Waals surface area contributed by atoms with Crippen LogP contribution in [0.25, 0.3) is 22.0 Å². The lowest BCUT2D eigenvalue weighted by molar-refractivity contribution is -0.138. The molecule has 2 aromatic heterocycles. The highest BCUT2D eigenvalue weighted by atomic mass is 16.2. The third kappa shape index (κ3) is 5.47. The van der Waals surface area contributed by atoms with Crippen LogP contribution in [0.1, 0.15) is 48.2 Å². The Morgan fingerprint density at radius 2 is 1.60 bits per heavy atom. The molecule has 0 radical (unpaired) electrons. The van der Waals surface area contributed by atoms with Gasteiger partial charge in [0.05, 0.1) is 12.1 Å². The van der Waals surface area contributed by atoms with Crippen molar-refractivity contribution in [2.45, 2.75) is 45.3 Å². The Labute approximate surface area is 251 Å². The maximum Gasteiger partial charge on any atom is 0.272 e. The van der Waals surface area contributed by atoms with Crippen LogP contribution >= 0.6 is 0 Å². The van der Waals surface area contributed by atoms with Crippen LogP contribution < -0.4 is 10.2 Å². The van der Waals surface area contributed by atoms with Crippen molar-refractivity contribution in [3.05, 3.63) is 84.3 Å². The summed E-state index contributed by atoms with van der Waals surface area (Å²) in [4.78, 5) is 54.0. The summed E-state index contributed by atoms with van der Waals surface area (Å²) in [6, 6.07) is 20.5. The van der Waals surface area contributed by atoms with E-state index in [-0.39, 0.29) is 29.8 Å². The minimum Gasteiger partial charge on any atom is -0.378 e. The molecule has 222 valence electrons. The van der Waals surface area contributed by atoms with Crippen molar-refractivity contribution in [1.82, 2.24) is 25.1 Å². The molecule has 2 aromatic carbocycles. The molecule has 3 amide bonds. The zero-order chi connectivity index (χ0) is 30.5. The van der Waals surface area contributed by atoms with Gasteiger partial charge < -0.3 is 25.0 Å². The van der Waals surface area contributed by atoms with Crippen LogP contribution in [0.4, 0.5) is 5.69 Å². The molecular formula is C34H38N6O3. The first-order valence-electron chi connectivity index (χ1n) is 14.7. The fourth-order valence-electron chi connectivity index (χ4n) is 6.19. The lowest BCUT2D eigenvalue weighted by Crippen LogP contribution is -2.59. The lowest BCUT2D eigenvalue weighted by atomic mass is 9.85. The van der Waals surface area contributed by atoms with Crippen LogP contribution in [0.2, 0.25) is 0 Å². The van der Waals surface area contributed by atoms with Crippen LogP contribution in [-0.2, 0) is 4.79 Å². The van der Waals surface area contributed by atoms with Crippen molar-refractivity contribution >= 4 is 34.3 Å². The van der Waals surface area contributed by atoms with Gasteiger partial charge in [0.25, 0.3) is 11.8 Å². The van der Waals surface area contributed by atoms with E-state index in [2.05, 4.69) is 27.4 Å². The Morgan fingerprint density at radius 1 is 0.930 bits per heavy atom. The van der Waals surface area contributed by atoms with E-state index in [0.717, 1.165) is 34.1 Å². The Balaban J connectivity index is 1.11. The van der Waals surface area contributed by atoms with Crippen LogP contribution in [-0.4, -0.2) is 82.8 Å². The summed E-state index contributed by atoms with van der Waals surface area (Å²) in [5.74, 6) is -0.540. The van der Waals surface area contributed by atoms with Crippen molar-refractivity contribution in [1.29, 1.82) is 0 Å². The van der Waals surface area contributed by atoms with Gasteiger partial charge in [0.2, 0.25) is 5.91 Å². The number of pyridine rings is 1. The molecule has 0 aliphatic carbocycles. The molecule has 2 N–H and O–H groups in total. The molecule has 9 heteroatoms. The van der Waals surface area contributed by atoms with Gasteiger partial charge >= 0.3 is 0 Å². The maximum absolute atomic E-state index is 13.9. The summed E-state index contributed by atoms with van der Waals surface area (Å²) >= 11 is 0. The molecule has 2 saturated heterocycles. The van der Waals surface area contributed by atoms with Crippen LogP contribution in [0.5, 0.6) is 0 Å². The normalized spacial score (nSPS) is 18.6. The highest BCUT2D eigenvalue weighted by molar-refractivity contribution is 6.00. The molecule has 3 atom stereocenters. The predicted molar refractivity (Wildman–Crippen MR) is 168 cm³/mol. The molecule has 0 unspecified atom stereocenters. The zero-order valence-corrected chi connectivity index (χ0v) is 25.3. The minimum atomic E-state index is -0.712. The largest absolute Gasteiger partial charge is 0.378 e. The van der Waals surface area contributed by atoms with Crippen LogP contribution in [0.3, 0.4) is 0 Å². The monoisotopic (exact) mass is 578 g/mol. The molecule has 2 fully saturated rings. The number of aromatic nitrogens is 2. The smallest absolute Gasteiger partial charge is 0.272 e. The molecule has 0 saturated carbocycles. The topological polar surface area (TPSA) is 102 Å². The minimum absolute atomic E-state index is 0.0773. The summed E-state index contributed by atoms with van der Waals surface area (Å²) in [6.07, 6.45) is 2.46. The zero-order valence-electron chi connectivity index (χ0n) is 25.3. The van der Waals surface area contributed by atoms with Crippen LogP contribution in [0, 0.1) is 5.41 Å². The van der Waals surface area contributed by atoms with Crippen LogP contribution in [0.15, 0.2) is 72.9 Å². The fraction of sp³-hybridized carbons (Fsp3) is 0.353. The van der Waals surface area contributed by atoms with Gasteiger partial charge in [-0.3, -0.25) is 19.4 Å².